The SMILES string of the molecule is CC1(C)CC(F)C(=O)N1Cc1ccccc1. The molecule has 1 heterocycles. The summed E-state index contributed by atoms with van der Waals surface area (Å²) in [6.45, 7) is 4.31. The van der Waals surface area contributed by atoms with Gasteiger partial charge in [-0.3, -0.25) is 4.79 Å². The first-order chi connectivity index (χ1) is 7.50. The summed E-state index contributed by atoms with van der Waals surface area (Å²) in [6.07, 6.45) is -1.04. The monoisotopic (exact) mass is 221 g/mol. The molecule has 1 aliphatic rings. The molecule has 2 rings (SSSR count). The summed E-state index contributed by atoms with van der Waals surface area (Å²) >= 11 is 0. The molecule has 1 amide bonds. The van der Waals surface area contributed by atoms with Crippen LogP contribution in [0.4, 0.5) is 4.39 Å². The van der Waals surface area contributed by atoms with Crippen molar-refractivity contribution < 1.29 is 9.18 Å². The molecular weight excluding hydrogens is 205 g/mol. The number of nitrogens with zero attached hydrogens (tertiary/aromatic N) is 1. The van der Waals surface area contributed by atoms with Crippen molar-refractivity contribution in [3.8, 4) is 0 Å². The van der Waals surface area contributed by atoms with Crippen LogP contribution in [0.5, 0.6) is 0 Å². The van der Waals surface area contributed by atoms with Crippen LogP contribution in [-0.2, 0) is 11.3 Å². The van der Waals surface area contributed by atoms with Crippen LogP contribution in [0.1, 0.15) is 25.8 Å². The van der Waals surface area contributed by atoms with Crippen LogP contribution >= 0.6 is 0 Å². The first-order valence-corrected chi connectivity index (χ1v) is 5.50. The molecule has 1 aromatic carbocycles. The fourth-order valence-electron chi connectivity index (χ4n) is 2.16. The number of hydrogen-bond donors (Lipinski definition) is 0. The number of carbonyl (C=O) groups is 1. The molecule has 16 heavy (non-hydrogen) atoms. The molecule has 1 fully saturated rings. The Morgan fingerprint density at radius 2 is 2.00 bits per heavy atom. The number of benzene rings is 1. The maximum atomic E-state index is 13.4. The van der Waals surface area contributed by atoms with Crippen LogP contribution < -0.4 is 0 Å². The summed E-state index contributed by atoms with van der Waals surface area (Å²) in [5.74, 6) is -0.381. The Morgan fingerprint density at radius 1 is 1.38 bits per heavy atom. The van der Waals surface area contributed by atoms with E-state index < -0.39 is 6.17 Å². The molecule has 3 heteroatoms. The van der Waals surface area contributed by atoms with Gasteiger partial charge >= 0.3 is 0 Å². The number of likely N-dealkylation sites (tertiary alicyclic amines) is 1. The van der Waals surface area contributed by atoms with E-state index in [0.717, 1.165) is 5.56 Å². The topological polar surface area (TPSA) is 20.3 Å². The Balaban J connectivity index is 2.18. The van der Waals surface area contributed by atoms with E-state index >= 15 is 0 Å². The largest absolute Gasteiger partial charge is 0.331 e. The minimum absolute atomic E-state index is 0.290. The zero-order valence-electron chi connectivity index (χ0n) is 9.61. The van der Waals surface area contributed by atoms with Crippen molar-refractivity contribution in [3.05, 3.63) is 35.9 Å². The van der Waals surface area contributed by atoms with E-state index in [4.69, 9.17) is 0 Å². The van der Waals surface area contributed by atoms with Crippen molar-refractivity contribution in [1.29, 1.82) is 0 Å². The van der Waals surface area contributed by atoms with Gasteiger partial charge in [-0.1, -0.05) is 30.3 Å². The average molecular weight is 221 g/mol. The quantitative estimate of drug-likeness (QED) is 0.751. The first-order valence-electron chi connectivity index (χ1n) is 5.50. The highest BCUT2D eigenvalue weighted by Crippen LogP contribution is 2.32. The number of hydrogen-bond acceptors (Lipinski definition) is 1. The van der Waals surface area contributed by atoms with Crippen molar-refractivity contribution in [2.45, 2.75) is 38.5 Å². The van der Waals surface area contributed by atoms with Gasteiger partial charge in [0, 0.05) is 18.5 Å². The van der Waals surface area contributed by atoms with E-state index in [2.05, 4.69) is 0 Å². The van der Waals surface area contributed by atoms with Crippen LogP contribution in [0.2, 0.25) is 0 Å². The zero-order chi connectivity index (χ0) is 11.8. The lowest BCUT2D eigenvalue weighted by atomic mass is 10.0. The summed E-state index contributed by atoms with van der Waals surface area (Å²) in [6, 6.07) is 9.69. The predicted molar refractivity (Wildman–Crippen MR) is 60.6 cm³/mol. The Hall–Kier alpha value is -1.38. The molecule has 2 nitrogen and oxygen atoms in total. The maximum Gasteiger partial charge on any atom is 0.257 e. The van der Waals surface area contributed by atoms with Crippen molar-refractivity contribution in [2.75, 3.05) is 0 Å². The minimum Gasteiger partial charge on any atom is -0.331 e. The highest BCUT2D eigenvalue weighted by Gasteiger charge is 2.44. The average Bonchev–Trinajstić information content (AvgIpc) is 2.42. The van der Waals surface area contributed by atoms with Crippen molar-refractivity contribution >= 4 is 5.91 Å². The van der Waals surface area contributed by atoms with Gasteiger partial charge in [-0.05, 0) is 19.4 Å². The molecule has 0 aromatic heterocycles. The van der Waals surface area contributed by atoms with E-state index in [1.807, 2.05) is 44.2 Å². The molecule has 1 atom stereocenters. The van der Waals surface area contributed by atoms with Gasteiger partial charge in [-0.2, -0.15) is 0 Å². The van der Waals surface area contributed by atoms with Gasteiger partial charge in [-0.25, -0.2) is 4.39 Å². The van der Waals surface area contributed by atoms with Crippen LogP contribution in [-0.4, -0.2) is 22.5 Å². The summed E-state index contributed by atoms with van der Waals surface area (Å²) in [5, 5.41) is 0. The zero-order valence-corrected chi connectivity index (χ0v) is 9.61. The molecule has 1 aliphatic heterocycles. The summed E-state index contributed by atoms with van der Waals surface area (Å²) < 4.78 is 13.4. The van der Waals surface area contributed by atoms with Gasteiger partial charge in [0.2, 0.25) is 0 Å². The molecule has 0 aliphatic carbocycles. The van der Waals surface area contributed by atoms with Gasteiger partial charge in [0.25, 0.3) is 5.91 Å². The van der Waals surface area contributed by atoms with Gasteiger partial charge in [0.15, 0.2) is 6.17 Å². The fraction of sp³-hybridized carbons (Fsp3) is 0.462. The number of carbonyl (C=O) groups excluding carboxylic acids is 1. The minimum atomic E-state index is -1.33. The van der Waals surface area contributed by atoms with Gasteiger partial charge in [-0.15, -0.1) is 0 Å². The first kappa shape index (κ1) is 11.1. The van der Waals surface area contributed by atoms with E-state index in [0.29, 0.717) is 13.0 Å². The molecule has 0 spiro atoms. The van der Waals surface area contributed by atoms with Crippen LogP contribution in [0.15, 0.2) is 30.3 Å². The number of amides is 1. The molecule has 0 N–H and O–H groups in total. The predicted octanol–water partition coefficient (Wildman–Crippen LogP) is 2.54. The van der Waals surface area contributed by atoms with Crippen LogP contribution in [0, 0.1) is 0 Å². The Labute approximate surface area is 95.1 Å². The lowest BCUT2D eigenvalue weighted by Crippen LogP contribution is -2.40. The molecule has 1 saturated heterocycles. The van der Waals surface area contributed by atoms with Gasteiger partial charge in [0.05, 0.1) is 0 Å². The highest BCUT2D eigenvalue weighted by atomic mass is 19.1. The van der Waals surface area contributed by atoms with E-state index in [-0.39, 0.29) is 11.4 Å². The third-order valence-electron chi connectivity index (χ3n) is 3.13. The second-order valence-corrected chi connectivity index (χ2v) is 4.89. The number of halogens is 1. The molecule has 1 unspecified atom stereocenters. The molecular formula is C13H16FNO. The van der Waals surface area contributed by atoms with Gasteiger partial charge in [0.1, 0.15) is 0 Å². The summed E-state index contributed by atoms with van der Waals surface area (Å²) in [7, 11) is 0. The Bertz CT molecular complexity index is 388. The lowest BCUT2D eigenvalue weighted by Gasteiger charge is -2.31. The molecule has 0 bridgehead atoms. The summed E-state index contributed by atoms with van der Waals surface area (Å²) in [4.78, 5) is 13.3. The molecule has 0 saturated carbocycles. The van der Waals surface area contributed by atoms with Gasteiger partial charge < -0.3 is 4.90 Å². The van der Waals surface area contributed by atoms with E-state index in [1.54, 1.807) is 4.90 Å². The molecule has 0 radical (unpaired) electrons. The standard InChI is InChI=1S/C13H16FNO/c1-13(2)8-11(14)12(16)15(13)9-10-6-4-3-5-7-10/h3-7,11H,8-9H2,1-2H3. The smallest absolute Gasteiger partial charge is 0.257 e. The maximum absolute atomic E-state index is 13.4. The lowest BCUT2D eigenvalue weighted by molar-refractivity contribution is -0.134. The third-order valence-corrected chi connectivity index (χ3v) is 3.13. The van der Waals surface area contributed by atoms with Crippen LogP contribution in [0.25, 0.3) is 0 Å². The van der Waals surface area contributed by atoms with E-state index in [9.17, 15) is 9.18 Å². The van der Waals surface area contributed by atoms with Crippen molar-refractivity contribution in [2.24, 2.45) is 0 Å². The summed E-state index contributed by atoms with van der Waals surface area (Å²) in [5.41, 5.74) is 0.657. The fourth-order valence-corrected chi connectivity index (χ4v) is 2.16. The second kappa shape index (κ2) is 3.89. The molecule has 86 valence electrons. The van der Waals surface area contributed by atoms with Crippen molar-refractivity contribution in [1.82, 2.24) is 4.90 Å². The Kier molecular flexibility index (Phi) is 2.70. The number of alkyl halides is 1. The van der Waals surface area contributed by atoms with E-state index in [1.165, 1.54) is 0 Å². The normalized spacial score (nSPS) is 23.8. The van der Waals surface area contributed by atoms with Crippen molar-refractivity contribution in [3.63, 3.8) is 0 Å². The molecule has 1 aromatic rings. The highest BCUT2D eigenvalue weighted by molar-refractivity contribution is 5.84. The second-order valence-electron chi connectivity index (χ2n) is 4.89. The van der Waals surface area contributed by atoms with Crippen LogP contribution in [0.3, 0.4) is 0 Å². The third kappa shape index (κ3) is 1.94. The Morgan fingerprint density at radius 3 is 2.50 bits per heavy atom. The number of rotatable bonds is 2.